The fraction of sp³-hybridized carbons (Fsp3) is 0.235. The molecule has 3 nitrogen and oxygen atoms in total. The van der Waals surface area contributed by atoms with Crippen LogP contribution in [0.15, 0.2) is 59.5 Å². The Labute approximate surface area is 130 Å². The smallest absolute Gasteiger partial charge is 0.226 e. The molecule has 2 rings (SSSR count). The van der Waals surface area contributed by atoms with Crippen LogP contribution in [-0.2, 0) is 4.79 Å². The van der Waals surface area contributed by atoms with E-state index in [9.17, 15) is 4.79 Å². The maximum Gasteiger partial charge on any atom is 0.226 e. The van der Waals surface area contributed by atoms with E-state index in [1.165, 1.54) is 0 Å². The summed E-state index contributed by atoms with van der Waals surface area (Å²) in [6, 6.07) is 17.9. The predicted octanol–water partition coefficient (Wildman–Crippen LogP) is 3.87. The van der Waals surface area contributed by atoms with E-state index >= 15 is 0 Å². The molecule has 0 aliphatic carbocycles. The zero-order chi connectivity index (χ0) is 15.1. The molecule has 110 valence electrons. The van der Waals surface area contributed by atoms with E-state index in [2.05, 4.69) is 10.2 Å². The fourth-order valence-electron chi connectivity index (χ4n) is 2.04. The highest BCUT2D eigenvalue weighted by molar-refractivity contribution is 7.98. The quantitative estimate of drug-likeness (QED) is 0.822. The summed E-state index contributed by atoms with van der Waals surface area (Å²) < 4.78 is 0. The second-order valence-corrected chi connectivity index (χ2v) is 5.60. The summed E-state index contributed by atoms with van der Waals surface area (Å²) in [5.74, 6) is 0.0410. The van der Waals surface area contributed by atoms with E-state index < -0.39 is 0 Å². The van der Waals surface area contributed by atoms with E-state index in [4.69, 9.17) is 0 Å². The van der Waals surface area contributed by atoms with Gasteiger partial charge in [0.15, 0.2) is 0 Å². The molecule has 2 aromatic rings. The first-order chi connectivity index (χ1) is 10.2. The van der Waals surface area contributed by atoms with E-state index in [-0.39, 0.29) is 5.91 Å². The predicted molar refractivity (Wildman–Crippen MR) is 91.2 cm³/mol. The van der Waals surface area contributed by atoms with E-state index in [1.54, 1.807) is 11.8 Å². The number of hydrogen-bond acceptors (Lipinski definition) is 3. The molecule has 1 N–H and O–H groups in total. The molecule has 0 saturated carbocycles. The Morgan fingerprint density at radius 1 is 1.10 bits per heavy atom. The molecule has 0 spiro atoms. The van der Waals surface area contributed by atoms with Crippen LogP contribution in [0.2, 0.25) is 0 Å². The minimum Gasteiger partial charge on any atom is -0.374 e. The first-order valence-corrected chi connectivity index (χ1v) is 8.12. The second kappa shape index (κ2) is 7.74. The van der Waals surface area contributed by atoms with Crippen LogP contribution in [-0.4, -0.2) is 25.8 Å². The lowest BCUT2D eigenvalue weighted by molar-refractivity contribution is -0.116. The molecule has 0 aliphatic heterocycles. The Kier molecular flexibility index (Phi) is 5.69. The summed E-state index contributed by atoms with van der Waals surface area (Å²) in [6.07, 6.45) is 2.47. The number of thioether (sulfide) groups is 1. The Morgan fingerprint density at radius 2 is 1.76 bits per heavy atom. The number of carbonyl (C=O) groups is 1. The van der Waals surface area contributed by atoms with Crippen molar-refractivity contribution >= 4 is 29.0 Å². The number of amides is 1. The second-order valence-electron chi connectivity index (χ2n) is 4.76. The van der Waals surface area contributed by atoms with Gasteiger partial charge in [0.1, 0.15) is 0 Å². The first kappa shape index (κ1) is 15.4. The average Bonchev–Trinajstić information content (AvgIpc) is 2.54. The van der Waals surface area contributed by atoms with Crippen molar-refractivity contribution in [3.63, 3.8) is 0 Å². The SMILES string of the molecule is CSc1ccccc1NC(=O)CCN(C)c1ccccc1. The third kappa shape index (κ3) is 4.53. The van der Waals surface area contributed by atoms with Crippen molar-refractivity contribution in [1.29, 1.82) is 0 Å². The van der Waals surface area contributed by atoms with Gasteiger partial charge in [0.05, 0.1) is 5.69 Å². The Hall–Kier alpha value is -1.94. The largest absolute Gasteiger partial charge is 0.374 e. The molecule has 0 heterocycles. The number of hydrogen-bond donors (Lipinski definition) is 1. The zero-order valence-electron chi connectivity index (χ0n) is 12.4. The molecule has 0 fully saturated rings. The summed E-state index contributed by atoms with van der Waals surface area (Å²) in [5, 5.41) is 2.98. The molecule has 0 aliphatic rings. The normalized spacial score (nSPS) is 10.2. The summed E-state index contributed by atoms with van der Waals surface area (Å²) in [4.78, 5) is 15.2. The monoisotopic (exact) mass is 300 g/mol. The number of benzene rings is 2. The molecule has 0 unspecified atom stereocenters. The third-order valence-corrected chi connectivity index (χ3v) is 4.05. The summed E-state index contributed by atoms with van der Waals surface area (Å²) >= 11 is 1.63. The molecule has 0 atom stereocenters. The fourth-order valence-corrected chi connectivity index (χ4v) is 2.60. The number of anilines is 2. The molecule has 0 bridgehead atoms. The lowest BCUT2D eigenvalue weighted by Gasteiger charge is -2.19. The van der Waals surface area contributed by atoms with E-state index in [0.29, 0.717) is 13.0 Å². The molecular formula is C17H20N2OS. The molecule has 1 amide bonds. The van der Waals surface area contributed by atoms with Crippen LogP contribution >= 0.6 is 11.8 Å². The van der Waals surface area contributed by atoms with Crippen LogP contribution in [0.1, 0.15) is 6.42 Å². The van der Waals surface area contributed by atoms with Gasteiger partial charge in [-0.1, -0.05) is 30.3 Å². The van der Waals surface area contributed by atoms with E-state index in [1.807, 2.05) is 67.9 Å². The van der Waals surface area contributed by atoms with Gasteiger partial charge < -0.3 is 10.2 Å². The molecule has 2 aromatic carbocycles. The van der Waals surface area contributed by atoms with Crippen molar-refractivity contribution in [1.82, 2.24) is 0 Å². The van der Waals surface area contributed by atoms with Gasteiger partial charge in [0, 0.05) is 30.6 Å². The Balaban J connectivity index is 1.88. The molecule has 0 radical (unpaired) electrons. The number of nitrogens with zero attached hydrogens (tertiary/aromatic N) is 1. The topological polar surface area (TPSA) is 32.3 Å². The molecule has 4 heteroatoms. The van der Waals surface area contributed by atoms with Crippen molar-refractivity contribution < 1.29 is 4.79 Å². The summed E-state index contributed by atoms with van der Waals surface area (Å²) in [6.45, 7) is 0.692. The minimum atomic E-state index is 0.0410. The van der Waals surface area contributed by atoms with Crippen molar-refractivity contribution in [2.24, 2.45) is 0 Å². The molecule has 21 heavy (non-hydrogen) atoms. The first-order valence-electron chi connectivity index (χ1n) is 6.90. The highest BCUT2D eigenvalue weighted by atomic mass is 32.2. The number of rotatable bonds is 6. The van der Waals surface area contributed by atoms with Gasteiger partial charge in [-0.05, 0) is 30.5 Å². The van der Waals surface area contributed by atoms with Crippen molar-refractivity contribution in [2.75, 3.05) is 30.1 Å². The lowest BCUT2D eigenvalue weighted by atomic mass is 10.2. The number of nitrogens with one attached hydrogen (secondary N) is 1. The zero-order valence-corrected chi connectivity index (χ0v) is 13.2. The van der Waals surface area contributed by atoms with Gasteiger partial charge in [-0.2, -0.15) is 0 Å². The van der Waals surface area contributed by atoms with Crippen LogP contribution < -0.4 is 10.2 Å². The van der Waals surface area contributed by atoms with Gasteiger partial charge in [0.2, 0.25) is 5.91 Å². The third-order valence-electron chi connectivity index (χ3n) is 3.25. The van der Waals surface area contributed by atoms with E-state index in [0.717, 1.165) is 16.3 Å². The van der Waals surface area contributed by atoms with Gasteiger partial charge in [-0.25, -0.2) is 0 Å². The number of carbonyl (C=O) groups excluding carboxylic acids is 1. The summed E-state index contributed by atoms with van der Waals surface area (Å²) in [5.41, 5.74) is 2.01. The maximum absolute atomic E-state index is 12.1. The van der Waals surface area contributed by atoms with Crippen LogP contribution in [0.25, 0.3) is 0 Å². The standard InChI is InChI=1S/C17H20N2OS/c1-19(14-8-4-3-5-9-14)13-12-17(20)18-15-10-6-7-11-16(15)21-2/h3-11H,12-13H2,1-2H3,(H,18,20). The van der Waals surface area contributed by atoms with Crippen molar-refractivity contribution in [2.45, 2.75) is 11.3 Å². The minimum absolute atomic E-state index is 0.0410. The molecular weight excluding hydrogens is 280 g/mol. The van der Waals surface area contributed by atoms with Crippen LogP contribution in [0.5, 0.6) is 0 Å². The Bertz CT molecular complexity index is 586. The highest BCUT2D eigenvalue weighted by Gasteiger charge is 2.08. The van der Waals surface area contributed by atoms with Crippen LogP contribution in [0.3, 0.4) is 0 Å². The van der Waals surface area contributed by atoms with Crippen LogP contribution in [0, 0.1) is 0 Å². The lowest BCUT2D eigenvalue weighted by Crippen LogP contribution is -2.23. The van der Waals surface area contributed by atoms with Gasteiger partial charge in [-0.3, -0.25) is 4.79 Å². The highest BCUT2D eigenvalue weighted by Crippen LogP contribution is 2.24. The summed E-state index contributed by atoms with van der Waals surface area (Å²) in [7, 11) is 2.00. The molecule has 0 aromatic heterocycles. The van der Waals surface area contributed by atoms with Crippen molar-refractivity contribution in [3.8, 4) is 0 Å². The number of para-hydroxylation sites is 2. The van der Waals surface area contributed by atoms with Gasteiger partial charge >= 0.3 is 0 Å². The van der Waals surface area contributed by atoms with Gasteiger partial charge in [0.25, 0.3) is 0 Å². The Morgan fingerprint density at radius 3 is 2.48 bits per heavy atom. The molecule has 0 saturated heterocycles. The van der Waals surface area contributed by atoms with Gasteiger partial charge in [-0.15, -0.1) is 11.8 Å². The van der Waals surface area contributed by atoms with Crippen molar-refractivity contribution in [3.05, 3.63) is 54.6 Å². The van der Waals surface area contributed by atoms with Crippen LogP contribution in [0.4, 0.5) is 11.4 Å². The maximum atomic E-state index is 12.1. The average molecular weight is 300 g/mol.